The molecule has 1 heterocycles. The van der Waals surface area contributed by atoms with Crippen LogP contribution in [0.15, 0.2) is 36.5 Å². The molecule has 1 unspecified atom stereocenters. The molecule has 2 aromatic rings. The van der Waals surface area contributed by atoms with Gasteiger partial charge in [0.25, 0.3) is 0 Å². The second-order valence-corrected chi connectivity index (χ2v) is 7.93. The molecule has 0 bridgehead atoms. The minimum Gasteiger partial charge on any atom is -0.375 e. The van der Waals surface area contributed by atoms with Crippen LogP contribution in [0, 0.1) is 0 Å². The van der Waals surface area contributed by atoms with Crippen molar-refractivity contribution in [1.29, 1.82) is 0 Å². The van der Waals surface area contributed by atoms with Crippen LogP contribution in [0.2, 0.25) is 0 Å². The molecule has 0 amide bonds. The first-order chi connectivity index (χ1) is 9.44. The number of benzene rings is 1. The van der Waals surface area contributed by atoms with Gasteiger partial charge in [-0.2, -0.15) is 0 Å². The molecule has 0 aliphatic rings. The van der Waals surface area contributed by atoms with Crippen molar-refractivity contribution >= 4 is 38.7 Å². The Labute approximate surface area is 134 Å². The highest BCUT2D eigenvalue weighted by Crippen LogP contribution is 2.18. The maximum atomic E-state index is 11.6. The monoisotopic (exact) mass is 347 g/mol. The summed E-state index contributed by atoms with van der Waals surface area (Å²) in [6.07, 6.45) is 2.95. The molecular weight excluding hydrogens is 330 g/mol. The third-order valence-electron chi connectivity index (χ3n) is 2.77. The number of nitrogen functional groups attached to an aromatic ring is 1. The van der Waals surface area contributed by atoms with Crippen molar-refractivity contribution < 1.29 is 8.42 Å². The molecule has 0 fully saturated rings. The highest BCUT2D eigenvalue weighted by Gasteiger charge is 2.17. The van der Waals surface area contributed by atoms with Gasteiger partial charge in [0, 0.05) is 29.9 Å². The van der Waals surface area contributed by atoms with Crippen molar-refractivity contribution in [3.05, 3.63) is 47.0 Å². The molecule has 0 spiro atoms. The van der Waals surface area contributed by atoms with Crippen molar-refractivity contribution in [2.75, 3.05) is 17.7 Å². The number of aromatic nitrogens is 1. The van der Waals surface area contributed by atoms with Gasteiger partial charge in [-0.25, -0.2) is 13.4 Å². The van der Waals surface area contributed by atoms with Crippen LogP contribution in [0.25, 0.3) is 0 Å². The van der Waals surface area contributed by atoms with E-state index in [0.29, 0.717) is 11.7 Å². The van der Waals surface area contributed by atoms with Crippen LogP contribution in [0.5, 0.6) is 0 Å². The highest BCUT2D eigenvalue weighted by molar-refractivity contribution is 7.90. The number of nitrogens with one attached hydrogen (secondary N) is 1. The van der Waals surface area contributed by atoms with Gasteiger partial charge in [-0.1, -0.05) is 30.3 Å². The molecule has 0 aliphatic carbocycles. The summed E-state index contributed by atoms with van der Waals surface area (Å²) in [6.45, 7) is 0.546. The first kappa shape index (κ1) is 17.9. The topological polar surface area (TPSA) is 85.1 Å². The molecule has 116 valence electrons. The van der Waals surface area contributed by atoms with Crippen LogP contribution >= 0.6 is 23.7 Å². The molecule has 3 N–H and O–H groups in total. The number of nitrogens with zero attached hydrogens (tertiary/aromatic N) is 1. The minimum atomic E-state index is -3.07. The number of nitrogens with two attached hydrogens (primary N) is 1. The molecule has 2 rings (SSSR count). The maximum Gasteiger partial charge on any atom is 0.180 e. The van der Waals surface area contributed by atoms with Gasteiger partial charge in [-0.15, -0.1) is 23.7 Å². The Kier molecular flexibility index (Phi) is 6.60. The molecule has 0 aliphatic heterocycles. The van der Waals surface area contributed by atoms with Crippen molar-refractivity contribution in [3.8, 4) is 0 Å². The van der Waals surface area contributed by atoms with Gasteiger partial charge in [0.2, 0.25) is 0 Å². The largest absolute Gasteiger partial charge is 0.375 e. The van der Waals surface area contributed by atoms with Gasteiger partial charge >= 0.3 is 0 Å². The molecule has 0 saturated carbocycles. The number of hydrogen-bond donors (Lipinski definition) is 2. The van der Waals surface area contributed by atoms with E-state index in [1.165, 1.54) is 17.6 Å². The molecule has 0 radical (unpaired) electrons. The summed E-state index contributed by atoms with van der Waals surface area (Å²) in [5, 5.41) is 3.77. The van der Waals surface area contributed by atoms with Crippen molar-refractivity contribution in [3.63, 3.8) is 0 Å². The summed E-state index contributed by atoms with van der Waals surface area (Å²) in [5.41, 5.74) is 6.54. The molecule has 1 aromatic heterocycles. The van der Waals surface area contributed by atoms with Crippen molar-refractivity contribution in [2.24, 2.45) is 0 Å². The zero-order valence-electron chi connectivity index (χ0n) is 11.5. The Bertz CT molecular complexity index is 659. The number of thiazole rings is 1. The van der Waals surface area contributed by atoms with E-state index in [1.54, 1.807) is 6.20 Å². The van der Waals surface area contributed by atoms with E-state index in [9.17, 15) is 8.42 Å². The number of halogens is 1. The number of anilines is 1. The lowest BCUT2D eigenvalue weighted by Crippen LogP contribution is -2.27. The second kappa shape index (κ2) is 7.74. The Hall–Kier alpha value is -1.15. The van der Waals surface area contributed by atoms with Gasteiger partial charge in [-0.05, 0) is 5.56 Å². The molecule has 5 nitrogen and oxygen atoms in total. The molecule has 21 heavy (non-hydrogen) atoms. The summed E-state index contributed by atoms with van der Waals surface area (Å²) in [5.74, 6) is 0.0608. The number of rotatable bonds is 6. The SMILES string of the molecule is CS(=O)(=O)CC(NCc1cnc(N)s1)c1ccccc1.Cl. The fourth-order valence-corrected chi connectivity index (χ4v) is 3.44. The Morgan fingerprint density at radius 1 is 1.33 bits per heavy atom. The third kappa shape index (κ3) is 6.01. The van der Waals surface area contributed by atoms with E-state index in [4.69, 9.17) is 5.73 Å². The van der Waals surface area contributed by atoms with Crippen LogP contribution in [0.1, 0.15) is 16.5 Å². The number of sulfone groups is 1. The summed E-state index contributed by atoms with van der Waals surface area (Å²) >= 11 is 1.40. The molecule has 8 heteroatoms. The van der Waals surface area contributed by atoms with Gasteiger partial charge in [0.1, 0.15) is 9.84 Å². The Morgan fingerprint density at radius 3 is 2.52 bits per heavy atom. The highest BCUT2D eigenvalue weighted by atomic mass is 35.5. The van der Waals surface area contributed by atoms with Gasteiger partial charge in [0.15, 0.2) is 5.13 Å². The lowest BCUT2D eigenvalue weighted by atomic mass is 10.1. The second-order valence-electron chi connectivity index (χ2n) is 4.60. The Balaban J connectivity index is 0.00000220. The fraction of sp³-hybridized carbons (Fsp3) is 0.308. The summed E-state index contributed by atoms with van der Waals surface area (Å²) in [4.78, 5) is 4.96. The lowest BCUT2D eigenvalue weighted by Gasteiger charge is -2.17. The lowest BCUT2D eigenvalue weighted by molar-refractivity contribution is 0.553. The molecule has 0 saturated heterocycles. The predicted octanol–water partition coefficient (Wildman–Crippen LogP) is 2.02. The maximum absolute atomic E-state index is 11.6. The summed E-state index contributed by atoms with van der Waals surface area (Å²) < 4.78 is 23.1. The first-order valence-electron chi connectivity index (χ1n) is 6.10. The van der Waals surface area contributed by atoms with Crippen LogP contribution in [-0.4, -0.2) is 25.4 Å². The molecule has 1 aromatic carbocycles. The minimum absolute atomic E-state index is 0. The van der Waals surface area contributed by atoms with E-state index in [0.717, 1.165) is 10.4 Å². The average molecular weight is 348 g/mol. The van der Waals surface area contributed by atoms with E-state index >= 15 is 0 Å². The predicted molar refractivity (Wildman–Crippen MR) is 89.5 cm³/mol. The van der Waals surface area contributed by atoms with Crippen molar-refractivity contribution in [2.45, 2.75) is 12.6 Å². The molecule has 1 atom stereocenters. The summed E-state index contributed by atoms with van der Waals surface area (Å²) in [6, 6.07) is 9.31. The smallest absolute Gasteiger partial charge is 0.180 e. The normalized spacial score (nSPS) is 12.6. The first-order valence-corrected chi connectivity index (χ1v) is 8.98. The van der Waals surface area contributed by atoms with Crippen LogP contribution < -0.4 is 11.1 Å². The average Bonchev–Trinajstić information content (AvgIpc) is 2.80. The number of hydrogen-bond acceptors (Lipinski definition) is 6. The van der Waals surface area contributed by atoms with Crippen LogP contribution in [-0.2, 0) is 16.4 Å². The van der Waals surface area contributed by atoms with E-state index in [2.05, 4.69) is 10.3 Å². The quantitative estimate of drug-likeness (QED) is 0.835. The fourth-order valence-electron chi connectivity index (χ4n) is 1.89. The van der Waals surface area contributed by atoms with Gasteiger partial charge in [-0.3, -0.25) is 0 Å². The van der Waals surface area contributed by atoms with E-state index < -0.39 is 9.84 Å². The van der Waals surface area contributed by atoms with Crippen molar-refractivity contribution in [1.82, 2.24) is 10.3 Å². The van der Waals surface area contributed by atoms with E-state index in [1.807, 2.05) is 30.3 Å². The standard InChI is InChI=1S/C13H17N3O2S2.ClH/c1-20(17,18)9-12(10-5-3-2-4-6-10)15-7-11-8-16-13(14)19-11;/h2-6,8,12,15H,7,9H2,1H3,(H2,14,16);1H. The zero-order valence-corrected chi connectivity index (χ0v) is 14.0. The zero-order chi connectivity index (χ0) is 14.6. The summed E-state index contributed by atoms with van der Waals surface area (Å²) in [7, 11) is -3.07. The van der Waals surface area contributed by atoms with Crippen LogP contribution in [0.4, 0.5) is 5.13 Å². The Morgan fingerprint density at radius 2 is 2.00 bits per heavy atom. The molecular formula is C13H18ClN3O2S2. The van der Waals surface area contributed by atoms with Gasteiger partial charge < -0.3 is 11.1 Å². The van der Waals surface area contributed by atoms with E-state index in [-0.39, 0.29) is 24.2 Å². The van der Waals surface area contributed by atoms with Crippen LogP contribution in [0.3, 0.4) is 0 Å². The van der Waals surface area contributed by atoms with Gasteiger partial charge in [0.05, 0.1) is 5.75 Å². The third-order valence-corrected chi connectivity index (χ3v) is 4.53.